The fourth-order valence-electron chi connectivity index (χ4n) is 1.93. The van der Waals surface area contributed by atoms with Crippen molar-refractivity contribution in [1.82, 2.24) is 0 Å². The van der Waals surface area contributed by atoms with Gasteiger partial charge in [0.1, 0.15) is 0 Å². The van der Waals surface area contributed by atoms with Crippen LogP contribution in [0.15, 0.2) is 0 Å². The van der Waals surface area contributed by atoms with E-state index in [4.69, 9.17) is 39.2 Å². The summed E-state index contributed by atoms with van der Waals surface area (Å²) in [5.74, 6) is 0. The third kappa shape index (κ3) is 5.93. The van der Waals surface area contributed by atoms with Gasteiger partial charge in [0.15, 0.2) is 0 Å². The van der Waals surface area contributed by atoms with Crippen LogP contribution in [0.3, 0.4) is 0 Å². The maximum atomic E-state index is 6.09. The van der Waals surface area contributed by atoms with E-state index in [0.29, 0.717) is 0 Å². The van der Waals surface area contributed by atoms with Crippen molar-refractivity contribution >= 4 is 26.9 Å². The van der Waals surface area contributed by atoms with Crippen LogP contribution in [0.5, 0.6) is 0 Å². The van der Waals surface area contributed by atoms with Crippen molar-refractivity contribution in [2.75, 3.05) is 42.7 Å². The molecule has 0 aliphatic heterocycles. The highest BCUT2D eigenvalue weighted by Gasteiger charge is 2.63. The van der Waals surface area contributed by atoms with Crippen molar-refractivity contribution in [2.45, 2.75) is 39.3 Å². The molecule has 0 saturated heterocycles. The summed E-state index contributed by atoms with van der Waals surface area (Å²) in [6.07, 6.45) is -0.200. The van der Waals surface area contributed by atoms with Gasteiger partial charge in [0, 0.05) is 54.3 Å². The monoisotopic (exact) mass is 404 g/mol. The lowest BCUT2D eigenvalue weighted by atomic mass is 10.5. The Balaban J connectivity index is 5.72. The van der Waals surface area contributed by atoms with Crippen molar-refractivity contribution in [3.63, 3.8) is 0 Å². The van der Waals surface area contributed by atoms with E-state index in [1.807, 2.05) is 27.7 Å². The van der Waals surface area contributed by atoms with Crippen molar-refractivity contribution in [3.8, 4) is 0 Å². The minimum Gasteiger partial charge on any atom is -0.377 e. The van der Waals surface area contributed by atoms with E-state index in [1.165, 1.54) is 42.7 Å². The van der Waals surface area contributed by atoms with Crippen LogP contribution in [0.25, 0.3) is 0 Å². The molecule has 0 aliphatic rings. The van der Waals surface area contributed by atoms with Crippen molar-refractivity contribution < 1.29 is 39.2 Å². The summed E-state index contributed by atoms with van der Waals surface area (Å²) in [5, 5.41) is 0. The summed E-state index contributed by atoms with van der Waals surface area (Å²) in [5.41, 5.74) is -0.0551. The SMILES string of the molecule is CO[Si](OC)(OC(C)C)O[Si](OC)(OC)O[Si](OC)(OC)C(C)C. The molecule has 12 heteroatoms. The fraction of sp³-hybridized carbons (Fsp3) is 1.00. The molecule has 0 spiro atoms. The lowest BCUT2D eigenvalue weighted by Crippen LogP contribution is -2.66. The summed E-state index contributed by atoms with van der Waals surface area (Å²) < 4.78 is 50.7. The predicted molar refractivity (Wildman–Crippen MR) is 92.8 cm³/mol. The van der Waals surface area contributed by atoms with Crippen LogP contribution >= 0.6 is 0 Å². The average Bonchev–Trinajstić information content (AvgIpc) is 2.57. The number of hydrogen-bond acceptors (Lipinski definition) is 9. The molecule has 0 saturated carbocycles. The summed E-state index contributed by atoms with van der Waals surface area (Å²) in [4.78, 5) is 0. The van der Waals surface area contributed by atoms with E-state index in [1.54, 1.807) is 0 Å². The zero-order chi connectivity index (χ0) is 19.0. The van der Waals surface area contributed by atoms with E-state index in [2.05, 4.69) is 0 Å². The van der Waals surface area contributed by atoms with E-state index in [-0.39, 0.29) is 11.6 Å². The largest absolute Gasteiger partial charge is 0.673 e. The van der Waals surface area contributed by atoms with Crippen LogP contribution in [0.2, 0.25) is 5.54 Å². The zero-order valence-corrected chi connectivity index (χ0v) is 19.3. The van der Waals surface area contributed by atoms with Gasteiger partial charge in [-0.1, -0.05) is 13.8 Å². The first kappa shape index (κ1) is 24.3. The first-order valence-electron chi connectivity index (χ1n) is 7.53. The van der Waals surface area contributed by atoms with Gasteiger partial charge < -0.3 is 39.2 Å². The van der Waals surface area contributed by atoms with Gasteiger partial charge in [-0.25, -0.2) is 0 Å². The molecule has 0 aliphatic carbocycles. The van der Waals surface area contributed by atoms with E-state index >= 15 is 0 Å². The standard InChI is InChI=1S/C12H32O9Si3/c1-11(2)19-23(15-7,16-8)21-24(17-9,18-10)20-22(13-5,14-6)12(3)4/h11-12H,1-10H3. The van der Waals surface area contributed by atoms with E-state index < -0.39 is 26.9 Å². The van der Waals surface area contributed by atoms with Gasteiger partial charge in [-0.15, -0.1) is 0 Å². The lowest BCUT2D eigenvalue weighted by molar-refractivity contribution is -0.0448. The van der Waals surface area contributed by atoms with Crippen molar-refractivity contribution in [2.24, 2.45) is 0 Å². The molecular weight excluding hydrogens is 372 g/mol. The molecule has 0 aromatic heterocycles. The molecule has 0 unspecified atom stereocenters. The zero-order valence-electron chi connectivity index (χ0n) is 16.3. The van der Waals surface area contributed by atoms with Crippen LogP contribution in [-0.2, 0) is 39.2 Å². The second-order valence-electron chi connectivity index (χ2n) is 5.35. The highest BCUT2D eigenvalue weighted by molar-refractivity contribution is 6.77. The minimum absolute atomic E-state index is 0.0551. The van der Waals surface area contributed by atoms with Crippen LogP contribution < -0.4 is 0 Å². The highest BCUT2D eigenvalue weighted by atomic mass is 28.5. The first-order chi connectivity index (χ1) is 11.1. The molecule has 0 radical (unpaired) electrons. The molecule has 0 aromatic carbocycles. The van der Waals surface area contributed by atoms with Gasteiger partial charge in [0.25, 0.3) is 0 Å². The Morgan fingerprint density at radius 3 is 1.21 bits per heavy atom. The van der Waals surface area contributed by atoms with E-state index in [0.717, 1.165) is 0 Å². The Labute approximate surface area is 148 Å². The lowest BCUT2D eigenvalue weighted by Gasteiger charge is -2.39. The average molecular weight is 405 g/mol. The topological polar surface area (TPSA) is 83.1 Å². The molecule has 0 aromatic rings. The maximum absolute atomic E-state index is 6.09. The summed E-state index contributed by atoms with van der Waals surface area (Å²) in [6.45, 7) is 7.52. The smallest absolute Gasteiger partial charge is 0.377 e. The van der Waals surface area contributed by atoms with Crippen LogP contribution in [0, 0.1) is 0 Å². The van der Waals surface area contributed by atoms with Crippen molar-refractivity contribution in [3.05, 3.63) is 0 Å². The normalized spacial score (nSPS) is 14.0. The molecule has 9 nitrogen and oxygen atoms in total. The van der Waals surface area contributed by atoms with Crippen molar-refractivity contribution in [1.29, 1.82) is 0 Å². The molecule has 24 heavy (non-hydrogen) atoms. The van der Waals surface area contributed by atoms with Gasteiger partial charge in [-0.2, -0.15) is 0 Å². The maximum Gasteiger partial charge on any atom is 0.673 e. The Morgan fingerprint density at radius 1 is 0.542 bits per heavy atom. The molecule has 0 amide bonds. The van der Waals surface area contributed by atoms with Gasteiger partial charge in [0.05, 0.1) is 0 Å². The molecule has 0 atom stereocenters. The Morgan fingerprint density at radius 2 is 0.958 bits per heavy atom. The van der Waals surface area contributed by atoms with Crippen LogP contribution in [0.1, 0.15) is 27.7 Å². The molecular formula is C12H32O9Si3. The Kier molecular flexibility index (Phi) is 10.6. The molecule has 0 heterocycles. The third-order valence-corrected chi connectivity index (χ3v) is 12.6. The predicted octanol–water partition coefficient (Wildman–Crippen LogP) is 1.54. The first-order valence-corrected chi connectivity index (χ1v) is 12.6. The molecule has 0 rings (SSSR count). The number of rotatable bonds is 13. The second-order valence-corrected chi connectivity index (χ2v) is 14.0. The summed E-state index contributed by atoms with van der Waals surface area (Å²) >= 11 is 0. The highest BCUT2D eigenvalue weighted by Crippen LogP contribution is 2.30. The second kappa shape index (κ2) is 10.4. The Hall–Kier alpha value is 0.291. The summed E-state index contributed by atoms with van der Waals surface area (Å²) in [6, 6.07) is 0. The fourth-order valence-corrected chi connectivity index (χ4v) is 11.1. The Bertz CT molecular complexity index is 345. The number of hydrogen-bond donors (Lipinski definition) is 0. The van der Waals surface area contributed by atoms with Crippen LogP contribution in [-0.4, -0.2) is 75.7 Å². The summed E-state index contributed by atoms with van der Waals surface area (Å²) in [7, 11) is -1.66. The quantitative estimate of drug-likeness (QED) is 0.424. The van der Waals surface area contributed by atoms with Crippen LogP contribution in [0.4, 0.5) is 0 Å². The molecule has 146 valence electrons. The molecule has 0 N–H and O–H groups in total. The third-order valence-electron chi connectivity index (χ3n) is 3.17. The van der Waals surface area contributed by atoms with Gasteiger partial charge >= 0.3 is 26.9 Å². The minimum atomic E-state index is -3.73. The van der Waals surface area contributed by atoms with Gasteiger partial charge in [-0.3, -0.25) is 0 Å². The van der Waals surface area contributed by atoms with Gasteiger partial charge in [-0.05, 0) is 13.8 Å². The molecule has 0 fully saturated rings. The van der Waals surface area contributed by atoms with E-state index in [9.17, 15) is 0 Å². The van der Waals surface area contributed by atoms with Gasteiger partial charge in [0.2, 0.25) is 0 Å². The molecule has 0 bridgehead atoms.